The smallest absolute Gasteiger partial charge is 0.329 e. The summed E-state index contributed by atoms with van der Waals surface area (Å²) < 4.78 is 0. The van der Waals surface area contributed by atoms with E-state index in [1.807, 2.05) is 13.0 Å². The Hall–Kier alpha value is -1.78. The maximum Gasteiger partial charge on any atom is 0.329 e. The first-order chi connectivity index (χ1) is 8.57. The van der Waals surface area contributed by atoms with Crippen molar-refractivity contribution in [3.05, 3.63) is 23.5 Å². The largest absolute Gasteiger partial charge is 0.480 e. The number of carboxylic acids is 1. The standard InChI is InChI=1S/C13H18N2O3/c1-2-9-5-6-10(14-9)11(16)15-13(12(17)18)7-3-4-8-13/h5-6,14H,2-4,7-8H2,1H3,(H,15,16)(H,17,18). The number of nitrogens with one attached hydrogen (secondary N) is 2. The average Bonchev–Trinajstić information content (AvgIpc) is 2.97. The fourth-order valence-corrected chi connectivity index (χ4v) is 2.43. The first kappa shape index (κ1) is 12.7. The van der Waals surface area contributed by atoms with Gasteiger partial charge >= 0.3 is 5.97 Å². The number of carbonyl (C=O) groups is 2. The predicted octanol–water partition coefficient (Wildman–Crippen LogP) is 1.70. The average molecular weight is 250 g/mol. The minimum atomic E-state index is -1.07. The van der Waals surface area contributed by atoms with Crippen LogP contribution in [-0.4, -0.2) is 27.5 Å². The summed E-state index contributed by atoms with van der Waals surface area (Å²) in [6.07, 6.45) is 3.53. The first-order valence-corrected chi connectivity index (χ1v) is 6.31. The molecule has 0 radical (unpaired) electrons. The molecule has 18 heavy (non-hydrogen) atoms. The second-order valence-electron chi connectivity index (χ2n) is 4.80. The SMILES string of the molecule is CCc1ccc(C(=O)NC2(C(=O)O)CCCC2)[nH]1. The Morgan fingerprint density at radius 1 is 1.39 bits per heavy atom. The molecule has 1 heterocycles. The van der Waals surface area contributed by atoms with Gasteiger partial charge in [-0.2, -0.15) is 0 Å². The number of aliphatic carboxylic acids is 1. The number of hydrogen-bond donors (Lipinski definition) is 3. The van der Waals surface area contributed by atoms with Gasteiger partial charge in [0.1, 0.15) is 11.2 Å². The Bertz CT molecular complexity index is 459. The Morgan fingerprint density at radius 3 is 2.56 bits per heavy atom. The molecule has 5 nitrogen and oxygen atoms in total. The molecule has 5 heteroatoms. The summed E-state index contributed by atoms with van der Waals surface area (Å²) in [6.45, 7) is 1.99. The molecule has 98 valence electrons. The van der Waals surface area contributed by atoms with E-state index in [4.69, 9.17) is 0 Å². The molecule has 0 bridgehead atoms. The zero-order valence-corrected chi connectivity index (χ0v) is 10.5. The Labute approximate surface area is 106 Å². The molecule has 1 aliphatic rings. The predicted molar refractivity (Wildman–Crippen MR) is 66.5 cm³/mol. The van der Waals surface area contributed by atoms with Crippen LogP contribution in [0.5, 0.6) is 0 Å². The maximum absolute atomic E-state index is 12.0. The van der Waals surface area contributed by atoms with Crippen LogP contribution in [0, 0.1) is 0 Å². The highest BCUT2D eigenvalue weighted by Gasteiger charge is 2.42. The van der Waals surface area contributed by atoms with Crippen molar-refractivity contribution in [2.24, 2.45) is 0 Å². The second-order valence-corrected chi connectivity index (χ2v) is 4.80. The van der Waals surface area contributed by atoms with E-state index in [9.17, 15) is 14.7 Å². The van der Waals surface area contributed by atoms with E-state index in [2.05, 4.69) is 10.3 Å². The van der Waals surface area contributed by atoms with Gasteiger partial charge in [-0.1, -0.05) is 19.8 Å². The van der Waals surface area contributed by atoms with Crippen LogP contribution in [-0.2, 0) is 11.2 Å². The van der Waals surface area contributed by atoms with E-state index in [1.54, 1.807) is 6.07 Å². The highest BCUT2D eigenvalue weighted by Crippen LogP contribution is 2.30. The van der Waals surface area contributed by atoms with Crippen LogP contribution in [0.25, 0.3) is 0 Å². The van der Waals surface area contributed by atoms with E-state index < -0.39 is 11.5 Å². The van der Waals surface area contributed by atoms with Crippen molar-refractivity contribution < 1.29 is 14.7 Å². The molecule has 0 atom stereocenters. The Kier molecular flexibility index (Phi) is 3.41. The summed E-state index contributed by atoms with van der Waals surface area (Å²) in [5, 5.41) is 12.0. The molecule has 1 aromatic rings. The lowest BCUT2D eigenvalue weighted by Gasteiger charge is -2.24. The van der Waals surface area contributed by atoms with Gasteiger partial charge in [-0.3, -0.25) is 4.79 Å². The van der Waals surface area contributed by atoms with Gasteiger partial charge in [0.05, 0.1) is 0 Å². The van der Waals surface area contributed by atoms with Crippen LogP contribution in [0.4, 0.5) is 0 Å². The van der Waals surface area contributed by atoms with Crippen LogP contribution < -0.4 is 5.32 Å². The van der Waals surface area contributed by atoms with Gasteiger partial charge in [-0.05, 0) is 31.4 Å². The maximum atomic E-state index is 12.0. The lowest BCUT2D eigenvalue weighted by molar-refractivity contribution is -0.144. The number of aromatic amines is 1. The molecular formula is C13H18N2O3. The molecule has 1 fully saturated rings. The van der Waals surface area contributed by atoms with Crippen molar-refractivity contribution >= 4 is 11.9 Å². The molecule has 1 aromatic heterocycles. The number of carboxylic acid groups (broad SMARTS) is 1. The number of amides is 1. The molecule has 0 saturated heterocycles. The molecule has 0 unspecified atom stereocenters. The van der Waals surface area contributed by atoms with Crippen LogP contribution in [0.3, 0.4) is 0 Å². The molecule has 2 rings (SSSR count). The quantitative estimate of drug-likeness (QED) is 0.760. The normalized spacial score (nSPS) is 17.6. The lowest BCUT2D eigenvalue weighted by Crippen LogP contribution is -2.52. The topological polar surface area (TPSA) is 82.2 Å². The van der Waals surface area contributed by atoms with Crippen molar-refractivity contribution in [2.45, 2.75) is 44.6 Å². The van der Waals surface area contributed by atoms with Gasteiger partial charge in [0.2, 0.25) is 0 Å². The van der Waals surface area contributed by atoms with Crippen molar-refractivity contribution in [3.63, 3.8) is 0 Å². The van der Waals surface area contributed by atoms with Gasteiger partial charge in [-0.25, -0.2) is 4.79 Å². The molecule has 0 aliphatic heterocycles. The molecule has 0 aromatic carbocycles. The Morgan fingerprint density at radius 2 is 2.06 bits per heavy atom. The molecule has 1 amide bonds. The van der Waals surface area contributed by atoms with Crippen molar-refractivity contribution in [3.8, 4) is 0 Å². The number of hydrogen-bond acceptors (Lipinski definition) is 2. The molecule has 3 N–H and O–H groups in total. The van der Waals surface area contributed by atoms with Crippen LogP contribution in [0.15, 0.2) is 12.1 Å². The van der Waals surface area contributed by atoms with E-state index >= 15 is 0 Å². The number of carbonyl (C=O) groups excluding carboxylic acids is 1. The number of H-pyrrole nitrogens is 1. The molecular weight excluding hydrogens is 232 g/mol. The highest BCUT2D eigenvalue weighted by atomic mass is 16.4. The third-order valence-electron chi connectivity index (χ3n) is 3.59. The minimum Gasteiger partial charge on any atom is -0.480 e. The van der Waals surface area contributed by atoms with Crippen molar-refractivity contribution in [1.29, 1.82) is 0 Å². The van der Waals surface area contributed by atoms with E-state index in [0.717, 1.165) is 25.0 Å². The molecule has 0 spiro atoms. The highest BCUT2D eigenvalue weighted by molar-refractivity contribution is 5.96. The monoisotopic (exact) mass is 250 g/mol. The number of aromatic nitrogens is 1. The molecule has 1 aliphatic carbocycles. The van der Waals surface area contributed by atoms with E-state index in [-0.39, 0.29) is 5.91 Å². The first-order valence-electron chi connectivity index (χ1n) is 6.31. The van der Waals surface area contributed by atoms with Crippen LogP contribution >= 0.6 is 0 Å². The fourth-order valence-electron chi connectivity index (χ4n) is 2.43. The lowest BCUT2D eigenvalue weighted by atomic mass is 9.97. The van der Waals surface area contributed by atoms with Gasteiger partial charge in [-0.15, -0.1) is 0 Å². The third kappa shape index (κ3) is 2.25. The second kappa shape index (κ2) is 4.84. The summed E-state index contributed by atoms with van der Waals surface area (Å²) >= 11 is 0. The van der Waals surface area contributed by atoms with Gasteiger partial charge in [0, 0.05) is 5.69 Å². The summed E-state index contributed by atoms with van der Waals surface area (Å²) in [5.74, 6) is -1.27. The van der Waals surface area contributed by atoms with Crippen LogP contribution in [0.2, 0.25) is 0 Å². The van der Waals surface area contributed by atoms with Crippen molar-refractivity contribution in [2.75, 3.05) is 0 Å². The summed E-state index contributed by atoms with van der Waals surface area (Å²) in [5.41, 5.74) is 0.324. The minimum absolute atomic E-state index is 0.334. The summed E-state index contributed by atoms with van der Waals surface area (Å²) in [4.78, 5) is 26.3. The number of rotatable bonds is 4. The van der Waals surface area contributed by atoms with Gasteiger partial charge in [0.25, 0.3) is 5.91 Å². The Balaban J connectivity index is 2.12. The summed E-state index contributed by atoms with van der Waals surface area (Å²) in [6, 6.07) is 3.54. The fraction of sp³-hybridized carbons (Fsp3) is 0.538. The van der Waals surface area contributed by atoms with Crippen LogP contribution in [0.1, 0.15) is 48.8 Å². The van der Waals surface area contributed by atoms with Gasteiger partial charge < -0.3 is 15.4 Å². The molecule has 1 saturated carbocycles. The van der Waals surface area contributed by atoms with E-state index in [1.165, 1.54) is 0 Å². The summed E-state index contributed by atoms with van der Waals surface area (Å²) in [7, 11) is 0. The van der Waals surface area contributed by atoms with Gasteiger partial charge in [0.15, 0.2) is 0 Å². The van der Waals surface area contributed by atoms with E-state index in [0.29, 0.717) is 18.5 Å². The van der Waals surface area contributed by atoms with Crippen molar-refractivity contribution in [1.82, 2.24) is 10.3 Å². The zero-order chi connectivity index (χ0) is 13.2. The zero-order valence-electron chi connectivity index (χ0n) is 10.5. The number of aryl methyl sites for hydroxylation is 1. The third-order valence-corrected chi connectivity index (χ3v) is 3.59.